The number of hydrogen-bond donors (Lipinski definition) is 3. The summed E-state index contributed by atoms with van der Waals surface area (Å²) in [4.78, 5) is 56.9. The number of nitrogens with one attached hydrogen (secondary N) is 1. The lowest BCUT2D eigenvalue weighted by molar-refractivity contribution is -0.142. The first-order chi connectivity index (χ1) is 14.0. The van der Waals surface area contributed by atoms with E-state index in [0.717, 1.165) is 19.3 Å². The maximum Gasteiger partial charge on any atom is 0.310 e. The number of carboxylic acids is 2. The lowest BCUT2D eigenvalue weighted by Gasteiger charge is -2.10. The van der Waals surface area contributed by atoms with Crippen molar-refractivity contribution in [1.29, 1.82) is 0 Å². The molecule has 0 aliphatic carbocycles. The fourth-order valence-corrected chi connectivity index (χ4v) is 2.65. The Balaban J connectivity index is 4.16. The number of carboxylic acid groups (broad SMARTS) is 2. The van der Waals surface area contributed by atoms with Crippen LogP contribution in [0.15, 0.2) is 12.2 Å². The summed E-state index contributed by atoms with van der Waals surface area (Å²) in [7, 11) is 0. The minimum Gasteiger partial charge on any atom is -0.481 e. The van der Waals surface area contributed by atoms with E-state index in [1.54, 1.807) is 6.92 Å². The zero-order valence-electron chi connectivity index (χ0n) is 18.2. The van der Waals surface area contributed by atoms with Crippen LogP contribution in [0.4, 0.5) is 0 Å². The number of unbranched alkanes of at least 4 members (excludes halogenated alkanes) is 1. The maximum atomic E-state index is 11.9. The van der Waals surface area contributed by atoms with Gasteiger partial charge in [-0.2, -0.15) is 0 Å². The van der Waals surface area contributed by atoms with E-state index in [-0.39, 0.29) is 55.5 Å². The Morgan fingerprint density at radius 3 is 2.10 bits per heavy atom. The molecule has 0 aliphatic rings. The van der Waals surface area contributed by atoms with Gasteiger partial charge in [0.1, 0.15) is 11.6 Å². The average molecular weight is 426 g/mol. The number of rotatable bonds is 17. The number of aliphatic carboxylic acids is 2. The summed E-state index contributed by atoms with van der Waals surface area (Å²) >= 11 is 0. The van der Waals surface area contributed by atoms with E-state index in [1.165, 1.54) is 19.1 Å². The van der Waals surface area contributed by atoms with Crippen molar-refractivity contribution in [3.8, 4) is 0 Å². The molecular weight excluding hydrogens is 390 g/mol. The number of hydrogen-bond acceptors (Lipinski definition) is 5. The molecule has 0 saturated carbocycles. The molecule has 0 aromatic rings. The van der Waals surface area contributed by atoms with Gasteiger partial charge >= 0.3 is 11.9 Å². The number of allylic oxidation sites excluding steroid dienone is 1. The predicted octanol–water partition coefficient (Wildman–Crippen LogP) is 3.00. The van der Waals surface area contributed by atoms with Crippen molar-refractivity contribution in [1.82, 2.24) is 5.32 Å². The van der Waals surface area contributed by atoms with Gasteiger partial charge in [-0.15, -0.1) is 0 Å². The lowest BCUT2D eigenvalue weighted by atomic mass is 9.99. The van der Waals surface area contributed by atoms with Gasteiger partial charge in [0.2, 0.25) is 5.91 Å². The Morgan fingerprint density at radius 1 is 0.867 bits per heavy atom. The third-order valence-electron chi connectivity index (χ3n) is 5.07. The van der Waals surface area contributed by atoms with Crippen molar-refractivity contribution in [2.24, 2.45) is 17.8 Å². The monoisotopic (exact) mass is 425 g/mol. The molecule has 30 heavy (non-hydrogen) atoms. The standard InChI is InChI=1S/C22H35NO7/c1-15(17(3)24)7-4-5-14-23-20(26)13-11-18(22(29)30)8-6-9-19(25)12-10-16(2)21(27)28/h6,8,15-16,18H,4-5,7,9-14H2,1-3H3,(H,23,26)(H,27,28)(H,29,30)/b8-6+/t15-,16-,18-/m0/s1. The van der Waals surface area contributed by atoms with Crippen molar-refractivity contribution >= 4 is 29.4 Å². The minimum atomic E-state index is -1.07. The van der Waals surface area contributed by atoms with Gasteiger partial charge in [-0.1, -0.05) is 32.4 Å². The van der Waals surface area contributed by atoms with Crippen LogP contribution in [0.25, 0.3) is 0 Å². The van der Waals surface area contributed by atoms with Gasteiger partial charge < -0.3 is 15.5 Å². The topological polar surface area (TPSA) is 138 Å². The van der Waals surface area contributed by atoms with E-state index in [4.69, 9.17) is 5.11 Å². The predicted molar refractivity (Wildman–Crippen MR) is 112 cm³/mol. The number of ketones is 2. The molecule has 0 rings (SSSR count). The molecule has 170 valence electrons. The van der Waals surface area contributed by atoms with Crippen LogP contribution in [0.2, 0.25) is 0 Å². The zero-order chi connectivity index (χ0) is 23.1. The SMILES string of the molecule is CC(=O)[C@@H](C)CCCCNC(=O)CC[C@H](/C=C/CC(=O)CC[C@H](C)C(=O)O)C(=O)O. The first-order valence-corrected chi connectivity index (χ1v) is 10.5. The van der Waals surface area contributed by atoms with Gasteiger partial charge in [0.15, 0.2) is 0 Å². The molecule has 0 bridgehead atoms. The molecule has 0 aromatic heterocycles. The molecule has 3 N–H and O–H groups in total. The third-order valence-corrected chi connectivity index (χ3v) is 5.07. The quantitative estimate of drug-likeness (QED) is 0.240. The Labute approximate surface area is 178 Å². The Morgan fingerprint density at radius 2 is 1.53 bits per heavy atom. The molecule has 3 atom stereocenters. The Bertz CT molecular complexity index is 627. The normalized spacial score (nSPS) is 14.1. The van der Waals surface area contributed by atoms with Crippen LogP contribution >= 0.6 is 0 Å². The van der Waals surface area contributed by atoms with Crippen LogP contribution in [0.5, 0.6) is 0 Å². The van der Waals surface area contributed by atoms with Gasteiger partial charge in [0, 0.05) is 31.7 Å². The molecule has 1 amide bonds. The van der Waals surface area contributed by atoms with E-state index >= 15 is 0 Å². The molecule has 0 unspecified atom stereocenters. The van der Waals surface area contributed by atoms with E-state index in [9.17, 15) is 29.1 Å². The second-order valence-electron chi connectivity index (χ2n) is 7.79. The number of carbonyl (C=O) groups is 5. The van der Waals surface area contributed by atoms with Crippen LogP contribution in [0.3, 0.4) is 0 Å². The van der Waals surface area contributed by atoms with E-state index in [1.807, 2.05) is 6.92 Å². The van der Waals surface area contributed by atoms with Gasteiger partial charge in [-0.25, -0.2) is 0 Å². The minimum absolute atomic E-state index is 0.0243. The summed E-state index contributed by atoms with van der Waals surface area (Å²) in [5.41, 5.74) is 0. The van der Waals surface area contributed by atoms with Crippen LogP contribution < -0.4 is 5.32 Å². The first kappa shape index (κ1) is 27.5. The fourth-order valence-electron chi connectivity index (χ4n) is 2.65. The molecule has 0 aromatic carbocycles. The van der Waals surface area contributed by atoms with Gasteiger partial charge in [-0.05, 0) is 32.6 Å². The summed E-state index contributed by atoms with van der Waals surface area (Å²) in [6.07, 6.45) is 5.87. The molecule has 0 spiro atoms. The molecule has 8 nitrogen and oxygen atoms in total. The van der Waals surface area contributed by atoms with Crippen LogP contribution in [-0.2, 0) is 24.0 Å². The molecule has 0 radical (unpaired) electrons. The summed E-state index contributed by atoms with van der Waals surface area (Å²) in [5, 5.41) is 20.8. The van der Waals surface area contributed by atoms with Crippen molar-refractivity contribution in [3.05, 3.63) is 12.2 Å². The second kappa shape index (κ2) is 15.3. The highest BCUT2D eigenvalue weighted by molar-refractivity contribution is 5.81. The van der Waals surface area contributed by atoms with Gasteiger partial charge in [0.05, 0.1) is 11.8 Å². The summed E-state index contributed by atoms with van der Waals surface area (Å²) in [6.45, 7) is 5.46. The summed E-state index contributed by atoms with van der Waals surface area (Å²) < 4.78 is 0. The zero-order valence-corrected chi connectivity index (χ0v) is 18.2. The molecule has 0 fully saturated rings. The first-order valence-electron chi connectivity index (χ1n) is 10.5. The fraction of sp³-hybridized carbons (Fsp3) is 0.682. The lowest BCUT2D eigenvalue weighted by Crippen LogP contribution is -2.25. The van der Waals surface area contributed by atoms with E-state index in [0.29, 0.717) is 6.54 Å². The molecule has 0 aliphatic heterocycles. The number of Topliss-reactive ketones (excluding diaryl/α,β-unsaturated/α-hetero) is 2. The largest absolute Gasteiger partial charge is 0.481 e. The maximum absolute atomic E-state index is 11.9. The van der Waals surface area contributed by atoms with Crippen LogP contribution in [0, 0.1) is 17.8 Å². The second-order valence-corrected chi connectivity index (χ2v) is 7.79. The molecule has 0 saturated heterocycles. The highest BCUT2D eigenvalue weighted by atomic mass is 16.4. The van der Waals surface area contributed by atoms with Crippen molar-refractivity contribution in [2.45, 2.75) is 72.1 Å². The Kier molecular flexibility index (Phi) is 14.1. The Hall–Kier alpha value is -2.51. The number of amides is 1. The van der Waals surface area contributed by atoms with Crippen LogP contribution in [0.1, 0.15) is 72.1 Å². The number of carbonyl (C=O) groups excluding carboxylic acids is 3. The van der Waals surface area contributed by atoms with Crippen molar-refractivity contribution < 1.29 is 34.2 Å². The van der Waals surface area contributed by atoms with Gasteiger partial charge in [-0.3, -0.25) is 24.0 Å². The smallest absolute Gasteiger partial charge is 0.310 e. The molecule has 0 heterocycles. The molecule has 8 heteroatoms. The van der Waals surface area contributed by atoms with Crippen molar-refractivity contribution in [3.63, 3.8) is 0 Å². The van der Waals surface area contributed by atoms with Crippen molar-refractivity contribution in [2.75, 3.05) is 6.54 Å². The third kappa shape index (κ3) is 13.6. The van der Waals surface area contributed by atoms with Crippen LogP contribution in [-0.4, -0.2) is 46.2 Å². The van der Waals surface area contributed by atoms with Gasteiger partial charge in [0.25, 0.3) is 0 Å². The summed E-state index contributed by atoms with van der Waals surface area (Å²) in [5.74, 6) is -3.68. The summed E-state index contributed by atoms with van der Waals surface area (Å²) in [6, 6.07) is 0. The van der Waals surface area contributed by atoms with E-state index < -0.39 is 23.8 Å². The van der Waals surface area contributed by atoms with E-state index in [2.05, 4.69) is 5.32 Å². The highest BCUT2D eigenvalue weighted by Crippen LogP contribution is 2.12. The highest BCUT2D eigenvalue weighted by Gasteiger charge is 2.16. The average Bonchev–Trinajstić information content (AvgIpc) is 2.67. The molecular formula is C22H35NO7.